The molecule has 2 amide bonds. The molecule has 0 heterocycles. The van der Waals surface area contributed by atoms with E-state index in [1.54, 1.807) is 30.1 Å². The molecule has 0 atom stereocenters. The van der Waals surface area contributed by atoms with Gasteiger partial charge >= 0.3 is 0 Å². The highest BCUT2D eigenvalue weighted by Crippen LogP contribution is 2.21. The number of rotatable bonds is 7. The highest BCUT2D eigenvalue weighted by atomic mass is 35.5. The number of para-hydroxylation sites is 1. The van der Waals surface area contributed by atoms with E-state index in [4.69, 9.17) is 23.2 Å². The topological polar surface area (TPSA) is 61.4 Å². The Balaban J connectivity index is 1.81. The summed E-state index contributed by atoms with van der Waals surface area (Å²) < 4.78 is 0. The van der Waals surface area contributed by atoms with Crippen LogP contribution in [0.5, 0.6) is 0 Å². The lowest BCUT2D eigenvalue weighted by Gasteiger charge is -2.17. The fourth-order valence-electron chi connectivity index (χ4n) is 2.65. The normalized spacial score (nSPS) is 10.7. The average molecular weight is 408 g/mol. The molecule has 2 rings (SSSR count). The molecule has 144 valence electrons. The monoisotopic (exact) mass is 407 g/mol. The van der Waals surface area contributed by atoms with E-state index < -0.39 is 0 Å². The zero-order chi connectivity index (χ0) is 20.0. The number of hydrogen-bond donors (Lipinski definition) is 2. The first kappa shape index (κ1) is 21.2. The lowest BCUT2D eigenvalue weighted by atomic mass is 10.1. The number of halogens is 2. The summed E-state index contributed by atoms with van der Waals surface area (Å²) in [5.41, 5.74) is 3.61. The molecule has 27 heavy (non-hydrogen) atoms. The second-order valence-electron chi connectivity index (χ2n) is 6.50. The Morgan fingerprint density at radius 2 is 1.63 bits per heavy atom. The third kappa shape index (κ3) is 6.54. The lowest BCUT2D eigenvalue weighted by molar-refractivity contribution is -0.123. The molecule has 2 aromatic rings. The minimum Gasteiger partial charge on any atom is -0.351 e. The molecule has 0 spiro atoms. The van der Waals surface area contributed by atoms with Crippen molar-refractivity contribution in [3.63, 3.8) is 0 Å². The maximum absolute atomic E-state index is 12.3. The molecule has 0 saturated heterocycles. The van der Waals surface area contributed by atoms with Crippen LogP contribution in [-0.4, -0.2) is 36.9 Å². The van der Waals surface area contributed by atoms with Crippen LogP contribution in [0.3, 0.4) is 0 Å². The second kappa shape index (κ2) is 9.74. The number of benzene rings is 2. The van der Waals surface area contributed by atoms with Gasteiger partial charge in [-0.2, -0.15) is 0 Å². The standard InChI is InChI=1S/C20H23Cl2N3O2/c1-13-5-4-6-14(2)20(13)24-19(27)12-25(3)11-18(26)23-10-15-7-8-16(21)9-17(15)22/h4-9H,10-12H2,1-3H3,(H,23,26)(H,24,27). The number of anilines is 1. The van der Waals surface area contributed by atoms with Crippen molar-refractivity contribution >= 4 is 40.7 Å². The fourth-order valence-corrected chi connectivity index (χ4v) is 3.13. The average Bonchev–Trinajstić information content (AvgIpc) is 2.57. The Kier molecular flexibility index (Phi) is 7.66. The smallest absolute Gasteiger partial charge is 0.238 e. The van der Waals surface area contributed by atoms with Gasteiger partial charge in [-0.15, -0.1) is 0 Å². The summed E-state index contributed by atoms with van der Waals surface area (Å²) in [7, 11) is 1.72. The molecule has 0 aliphatic rings. The Hall–Kier alpha value is -2.08. The molecule has 0 fully saturated rings. The van der Waals surface area contributed by atoms with E-state index in [9.17, 15) is 9.59 Å². The van der Waals surface area contributed by atoms with Gasteiger partial charge in [-0.1, -0.05) is 47.5 Å². The van der Waals surface area contributed by atoms with E-state index in [0.29, 0.717) is 16.6 Å². The summed E-state index contributed by atoms with van der Waals surface area (Å²) in [6, 6.07) is 11.0. The molecule has 2 N–H and O–H groups in total. The number of amides is 2. The summed E-state index contributed by atoms with van der Waals surface area (Å²) in [6.07, 6.45) is 0. The number of nitrogens with zero attached hydrogens (tertiary/aromatic N) is 1. The van der Waals surface area contributed by atoms with Crippen LogP contribution >= 0.6 is 23.2 Å². The zero-order valence-corrected chi connectivity index (χ0v) is 17.1. The Labute approximate surface area is 169 Å². The summed E-state index contributed by atoms with van der Waals surface area (Å²) in [4.78, 5) is 26.0. The number of hydrogen-bond acceptors (Lipinski definition) is 3. The lowest BCUT2D eigenvalue weighted by Crippen LogP contribution is -2.38. The fraction of sp³-hybridized carbons (Fsp3) is 0.300. The Morgan fingerprint density at radius 1 is 1.00 bits per heavy atom. The molecule has 0 aromatic heterocycles. The van der Waals surface area contributed by atoms with Crippen molar-refractivity contribution in [2.75, 3.05) is 25.5 Å². The van der Waals surface area contributed by atoms with Gasteiger partial charge in [0.1, 0.15) is 0 Å². The molecule has 7 heteroatoms. The number of carbonyl (C=O) groups excluding carboxylic acids is 2. The molecule has 0 unspecified atom stereocenters. The number of aryl methyl sites for hydroxylation is 2. The molecule has 0 saturated carbocycles. The van der Waals surface area contributed by atoms with Crippen molar-refractivity contribution in [3.8, 4) is 0 Å². The van der Waals surface area contributed by atoms with Crippen LogP contribution in [0.25, 0.3) is 0 Å². The van der Waals surface area contributed by atoms with E-state index in [2.05, 4.69) is 10.6 Å². The van der Waals surface area contributed by atoms with Crippen LogP contribution in [0.1, 0.15) is 16.7 Å². The number of nitrogens with one attached hydrogen (secondary N) is 2. The van der Waals surface area contributed by atoms with E-state index >= 15 is 0 Å². The minimum atomic E-state index is -0.191. The van der Waals surface area contributed by atoms with Crippen molar-refractivity contribution < 1.29 is 9.59 Å². The third-order valence-electron chi connectivity index (χ3n) is 4.06. The summed E-state index contributed by atoms with van der Waals surface area (Å²) in [5.74, 6) is -0.355. The van der Waals surface area contributed by atoms with Gasteiger partial charge in [-0.05, 0) is 49.7 Å². The van der Waals surface area contributed by atoms with Gasteiger partial charge in [0, 0.05) is 22.3 Å². The largest absolute Gasteiger partial charge is 0.351 e. The van der Waals surface area contributed by atoms with Crippen LogP contribution in [0.4, 0.5) is 5.69 Å². The maximum atomic E-state index is 12.3. The van der Waals surface area contributed by atoms with Gasteiger partial charge in [-0.3, -0.25) is 14.5 Å². The molecule has 0 bridgehead atoms. The molecule has 2 aromatic carbocycles. The van der Waals surface area contributed by atoms with Crippen LogP contribution in [0, 0.1) is 13.8 Å². The van der Waals surface area contributed by atoms with E-state index in [1.165, 1.54) is 0 Å². The van der Waals surface area contributed by atoms with Crippen LogP contribution < -0.4 is 10.6 Å². The minimum absolute atomic E-state index is 0.103. The summed E-state index contributed by atoms with van der Waals surface area (Å²) in [6.45, 7) is 4.41. The van der Waals surface area contributed by atoms with Gasteiger partial charge in [0.05, 0.1) is 13.1 Å². The first-order valence-corrected chi connectivity index (χ1v) is 9.27. The molecule has 0 radical (unpaired) electrons. The van der Waals surface area contributed by atoms with E-state index in [0.717, 1.165) is 22.4 Å². The quantitative estimate of drug-likeness (QED) is 0.733. The van der Waals surface area contributed by atoms with Gasteiger partial charge in [-0.25, -0.2) is 0 Å². The van der Waals surface area contributed by atoms with Crippen molar-refractivity contribution in [2.45, 2.75) is 20.4 Å². The van der Waals surface area contributed by atoms with Crippen LogP contribution in [0.2, 0.25) is 10.0 Å². The van der Waals surface area contributed by atoms with Crippen molar-refractivity contribution in [1.82, 2.24) is 10.2 Å². The van der Waals surface area contributed by atoms with Crippen molar-refractivity contribution in [3.05, 3.63) is 63.1 Å². The number of likely N-dealkylation sites (N-methyl/N-ethyl adjacent to an activating group) is 1. The summed E-state index contributed by atoms with van der Waals surface area (Å²) >= 11 is 11.9. The first-order valence-electron chi connectivity index (χ1n) is 8.51. The van der Waals surface area contributed by atoms with Crippen molar-refractivity contribution in [1.29, 1.82) is 0 Å². The second-order valence-corrected chi connectivity index (χ2v) is 7.34. The predicted octanol–water partition coefficient (Wildman–Crippen LogP) is 3.80. The molecule has 5 nitrogen and oxygen atoms in total. The van der Waals surface area contributed by atoms with E-state index in [1.807, 2.05) is 32.0 Å². The Bertz CT molecular complexity index is 820. The zero-order valence-electron chi connectivity index (χ0n) is 15.6. The van der Waals surface area contributed by atoms with Gasteiger partial charge < -0.3 is 10.6 Å². The highest BCUT2D eigenvalue weighted by Gasteiger charge is 2.13. The van der Waals surface area contributed by atoms with Gasteiger partial charge in [0.15, 0.2) is 0 Å². The van der Waals surface area contributed by atoms with E-state index in [-0.39, 0.29) is 24.9 Å². The molecule has 0 aliphatic heterocycles. The van der Waals surface area contributed by atoms with Gasteiger partial charge in [0.25, 0.3) is 0 Å². The maximum Gasteiger partial charge on any atom is 0.238 e. The summed E-state index contributed by atoms with van der Waals surface area (Å²) in [5, 5.41) is 6.75. The molecular formula is C20H23Cl2N3O2. The predicted molar refractivity (Wildman–Crippen MR) is 110 cm³/mol. The van der Waals surface area contributed by atoms with Gasteiger partial charge in [0.2, 0.25) is 11.8 Å². The van der Waals surface area contributed by atoms with Crippen molar-refractivity contribution in [2.24, 2.45) is 0 Å². The van der Waals surface area contributed by atoms with Crippen LogP contribution in [-0.2, 0) is 16.1 Å². The van der Waals surface area contributed by atoms with Crippen LogP contribution in [0.15, 0.2) is 36.4 Å². The third-order valence-corrected chi connectivity index (χ3v) is 4.65. The number of carbonyl (C=O) groups is 2. The SMILES string of the molecule is Cc1cccc(C)c1NC(=O)CN(C)CC(=O)NCc1ccc(Cl)cc1Cl. The molecular weight excluding hydrogens is 385 g/mol. The molecule has 0 aliphatic carbocycles. The first-order chi connectivity index (χ1) is 12.8. The Morgan fingerprint density at radius 3 is 2.26 bits per heavy atom. The highest BCUT2D eigenvalue weighted by molar-refractivity contribution is 6.35.